The van der Waals surface area contributed by atoms with E-state index in [1.165, 1.54) is 6.07 Å². The molecule has 29 heavy (non-hydrogen) atoms. The van der Waals surface area contributed by atoms with Crippen LogP contribution in [0.3, 0.4) is 0 Å². The minimum Gasteiger partial charge on any atom is -0.309 e. The molecule has 148 valence electrons. The summed E-state index contributed by atoms with van der Waals surface area (Å²) in [5.41, 5.74) is 1.99. The summed E-state index contributed by atoms with van der Waals surface area (Å²) in [4.78, 5) is 0. The van der Waals surface area contributed by atoms with E-state index in [-0.39, 0.29) is 11.3 Å². The minimum atomic E-state index is -4.56. The maximum Gasteiger partial charge on any atom is 0.435 e. The summed E-state index contributed by atoms with van der Waals surface area (Å²) in [5, 5.41) is 10.1. The van der Waals surface area contributed by atoms with Crippen LogP contribution in [0.1, 0.15) is 22.4 Å². The highest BCUT2D eigenvalue weighted by atomic mass is 19.4. The highest BCUT2D eigenvalue weighted by Crippen LogP contribution is 2.33. The molecule has 0 bridgehead atoms. The number of benzene rings is 2. The van der Waals surface area contributed by atoms with Crippen LogP contribution in [0.4, 0.5) is 22.0 Å². The lowest BCUT2D eigenvalue weighted by Gasteiger charge is -2.14. The molecule has 3 aromatic rings. The highest BCUT2D eigenvalue weighted by Gasteiger charge is 2.33. The fourth-order valence-electron chi connectivity index (χ4n) is 3.25. The first-order chi connectivity index (χ1) is 13.8. The van der Waals surface area contributed by atoms with E-state index in [1.807, 2.05) is 0 Å². The van der Waals surface area contributed by atoms with Gasteiger partial charge in [0.2, 0.25) is 0 Å². The van der Waals surface area contributed by atoms with Gasteiger partial charge in [0.1, 0.15) is 11.6 Å². The monoisotopic (exact) mass is 403 g/mol. The Morgan fingerprint density at radius 3 is 2.41 bits per heavy atom. The largest absolute Gasteiger partial charge is 0.435 e. The fraction of sp³-hybridized carbons (Fsp3) is 0.143. The molecular formula is C21H14F5N3. The van der Waals surface area contributed by atoms with Gasteiger partial charge >= 0.3 is 6.18 Å². The van der Waals surface area contributed by atoms with Crippen molar-refractivity contribution < 1.29 is 22.0 Å². The maximum absolute atomic E-state index is 14.3. The Morgan fingerprint density at radius 1 is 0.862 bits per heavy atom. The van der Waals surface area contributed by atoms with Crippen LogP contribution in [0, 0.1) is 11.6 Å². The van der Waals surface area contributed by atoms with Crippen molar-refractivity contribution in [3.05, 3.63) is 88.6 Å². The molecule has 8 heteroatoms. The maximum atomic E-state index is 14.3. The molecule has 1 aliphatic rings. The van der Waals surface area contributed by atoms with Crippen molar-refractivity contribution in [1.29, 1.82) is 0 Å². The summed E-state index contributed by atoms with van der Waals surface area (Å²) in [5.74, 6) is -1.08. The Hall–Kier alpha value is -3.13. The van der Waals surface area contributed by atoms with E-state index in [0.29, 0.717) is 29.8 Å². The second-order valence-electron chi connectivity index (χ2n) is 6.55. The molecule has 0 saturated heterocycles. The molecule has 0 atom stereocenters. The Labute approximate surface area is 162 Å². The topological polar surface area (TPSA) is 37.8 Å². The van der Waals surface area contributed by atoms with Gasteiger partial charge < -0.3 is 5.32 Å². The third kappa shape index (κ3) is 3.88. The number of aromatic nitrogens is 2. The van der Waals surface area contributed by atoms with E-state index in [9.17, 15) is 22.0 Å². The van der Waals surface area contributed by atoms with Crippen LogP contribution >= 0.6 is 0 Å². The van der Waals surface area contributed by atoms with Crippen LogP contribution in [-0.4, -0.2) is 16.7 Å². The fourth-order valence-corrected chi connectivity index (χ4v) is 3.25. The number of nitrogens with one attached hydrogen (secondary N) is 1. The van der Waals surface area contributed by atoms with Crippen molar-refractivity contribution in [3.63, 3.8) is 0 Å². The zero-order valence-electron chi connectivity index (χ0n) is 14.9. The van der Waals surface area contributed by atoms with Gasteiger partial charge in [-0.05, 0) is 53.1 Å². The molecule has 0 unspecified atom stereocenters. The summed E-state index contributed by atoms with van der Waals surface area (Å²) in [6, 6.07) is 10.6. The van der Waals surface area contributed by atoms with Crippen molar-refractivity contribution in [2.45, 2.75) is 12.7 Å². The van der Waals surface area contributed by atoms with Gasteiger partial charge in [-0.3, -0.25) is 0 Å². The van der Waals surface area contributed by atoms with Crippen molar-refractivity contribution in [1.82, 2.24) is 15.5 Å². The summed E-state index contributed by atoms with van der Waals surface area (Å²) >= 11 is 0. The number of rotatable bonds is 2. The molecule has 1 N–H and O–H groups in total. The molecule has 2 heterocycles. The smallest absolute Gasteiger partial charge is 0.309 e. The number of fused-ring (bicyclic) bond motifs is 1. The zero-order valence-corrected chi connectivity index (χ0v) is 14.9. The van der Waals surface area contributed by atoms with Gasteiger partial charge in [-0.15, -0.1) is 10.2 Å². The Bertz CT molecular complexity index is 1090. The van der Waals surface area contributed by atoms with Crippen LogP contribution in [-0.2, 0) is 12.7 Å². The summed E-state index contributed by atoms with van der Waals surface area (Å²) in [7, 11) is 0. The Kier molecular flexibility index (Phi) is 4.87. The van der Waals surface area contributed by atoms with E-state index in [1.54, 1.807) is 24.3 Å². The van der Waals surface area contributed by atoms with E-state index in [2.05, 4.69) is 15.5 Å². The van der Waals surface area contributed by atoms with Crippen LogP contribution in [0.15, 0.2) is 54.6 Å². The second-order valence-corrected chi connectivity index (χ2v) is 6.55. The number of nitrogens with zero attached hydrogens (tertiary/aromatic N) is 2. The first-order valence-electron chi connectivity index (χ1n) is 8.74. The molecule has 0 amide bonds. The molecular weight excluding hydrogens is 389 g/mol. The third-order valence-electron chi connectivity index (χ3n) is 4.63. The summed E-state index contributed by atoms with van der Waals surface area (Å²) in [6.45, 7) is 0.906. The SMILES string of the molecule is Fc1ccc(F)c(C2=CCNCc3cc(-c4ccc(C(F)(F)F)nn4)ccc32)c1. The Balaban J connectivity index is 1.75. The lowest BCUT2D eigenvalue weighted by atomic mass is 9.92. The highest BCUT2D eigenvalue weighted by molar-refractivity contribution is 5.83. The number of alkyl halides is 3. The van der Waals surface area contributed by atoms with Gasteiger partial charge in [0.05, 0.1) is 5.69 Å². The summed E-state index contributed by atoms with van der Waals surface area (Å²) in [6.07, 6.45) is -2.78. The van der Waals surface area contributed by atoms with Gasteiger partial charge in [-0.1, -0.05) is 18.2 Å². The molecule has 4 rings (SSSR count). The van der Waals surface area contributed by atoms with Crippen LogP contribution < -0.4 is 5.32 Å². The number of hydrogen-bond donors (Lipinski definition) is 1. The van der Waals surface area contributed by atoms with Gasteiger partial charge in [0.15, 0.2) is 5.69 Å². The van der Waals surface area contributed by atoms with Crippen LogP contribution in [0.5, 0.6) is 0 Å². The lowest BCUT2D eigenvalue weighted by molar-refractivity contribution is -0.141. The quantitative estimate of drug-likeness (QED) is 0.614. The molecule has 3 nitrogen and oxygen atoms in total. The first kappa shape index (κ1) is 19.2. The second kappa shape index (κ2) is 7.36. The molecule has 0 aliphatic carbocycles. The van der Waals surface area contributed by atoms with Gasteiger partial charge in [-0.2, -0.15) is 13.2 Å². The third-order valence-corrected chi connectivity index (χ3v) is 4.63. The van der Waals surface area contributed by atoms with Crippen LogP contribution in [0.2, 0.25) is 0 Å². The predicted molar refractivity (Wildman–Crippen MR) is 97.6 cm³/mol. The van der Waals surface area contributed by atoms with Gasteiger partial charge in [0.25, 0.3) is 0 Å². The Morgan fingerprint density at radius 2 is 1.69 bits per heavy atom. The number of halogens is 5. The molecule has 2 aromatic carbocycles. The zero-order chi connectivity index (χ0) is 20.6. The predicted octanol–water partition coefficient (Wildman–Crippen LogP) is 4.98. The van der Waals surface area contributed by atoms with E-state index in [0.717, 1.165) is 29.8 Å². The average Bonchev–Trinajstić information content (AvgIpc) is 2.91. The molecule has 0 spiro atoms. The van der Waals surface area contributed by atoms with Gasteiger partial charge in [-0.25, -0.2) is 8.78 Å². The summed E-state index contributed by atoms with van der Waals surface area (Å²) < 4.78 is 66.0. The molecule has 0 radical (unpaired) electrons. The van der Waals surface area contributed by atoms with E-state index < -0.39 is 23.5 Å². The average molecular weight is 403 g/mol. The number of hydrogen-bond acceptors (Lipinski definition) is 3. The first-order valence-corrected chi connectivity index (χ1v) is 8.74. The molecule has 1 aromatic heterocycles. The van der Waals surface area contributed by atoms with E-state index in [4.69, 9.17) is 0 Å². The van der Waals surface area contributed by atoms with Crippen LogP contribution in [0.25, 0.3) is 16.8 Å². The van der Waals surface area contributed by atoms with Crippen molar-refractivity contribution >= 4 is 5.57 Å². The normalized spacial score (nSPS) is 14.2. The molecule has 0 saturated carbocycles. The standard InChI is InChI=1S/C21H14F5N3/c22-14-2-4-18(23)17(10-14)16-7-8-27-11-13-9-12(1-3-15(13)16)19-5-6-20(29-28-19)21(24,25)26/h1-7,9-10,27H,8,11H2. The van der Waals surface area contributed by atoms with Crippen molar-refractivity contribution in [2.24, 2.45) is 0 Å². The van der Waals surface area contributed by atoms with E-state index >= 15 is 0 Å². The van der Waals surface area contributed by atoms with Crippen molar-refractivity contribution in [3.8, 4) is 11.3 Å². The lowest BCUT2D eigenvalue weighted by Crippen LogP contribution is -2.11. The molecule has 1 aliphatic heterocycles. The van der Waals surface area contributed by atoms with Crippen molar-refractivity contribution in [2.75, 3.05) is 6.54 Å². The molecule has 0 fully saturated rings. The van der Waals surface area contributed by atoms with Gasteiger partial charge in [0, 0.05) is 24.2 Å². The minimum absolute atomic E-state index is 0.150.